The minimum Gasteiger partial charge on any atom is -0.376 e. The summed E-state index contributed by atoms with van der Waals surface area (Å²) in [6.07, 6.45) is 8.23. The summed E-state index contributed by atoms with van der Waals surface area (Å²) in [6.45, 7) is 11.6. The smallest absolute Gasteiger partial charge is 0.263 e. The molecule has 0 aliphatic carbocycles. The Labute approximate surface area is 249 Å². The molecule has 2 N–H and O–H groups in total. The minimum atomic E-state index is -0.344. The van der Waals surface area contributed by atoms with Gasteiger partial charge in [-0.1, -0.05) is 23.4 Å². The van der Waals surface area contributed by atoms with Crippen molar-refractivity contribution >= 4 is 52.7 Å². The molecule has 3 saturated heterocycles. The van der Waals surface area contributed by atoms with E-state index in [4.69, 9.17) is 22.1 Å². The number of ether oxygens (including phenoxy) is 1. The Morgan fingerprint density at radius 3 is 2.63 bits per heavy atom. The van der Waals surface area contributed by atoms with Gasteiger partial charge in [0.2, 0.25) is 5.91 Å². The zero-order valence-electron chi connectivity index (χ0n) is 23.7. The van der Waals surface area contributed by atoms with E-state index in [1.165, 1.54) is 22.7 Å². The van der Waals surface area contributed by atoms with Crippen LogP contribution < -0.4 is 11.3 Å². The Kier molecular flexibility index (Phi) is 9.18. The van der Waals surface area contributed by atoms with E-state index in [1.54, 1.807) is 18.3 Å². The first kappa shape index (κ1) is 29.8. The third kappa shape index (κ3) is 6.23. The molecule has 1 aromatic carbocycles. The fourth-order valence-corrected chi connectivity index (χ4v) is 7.04. The number of carbonyl (C=O) groups excluding carboxylic acids is 1. The van der Waals surface area contributed by atoms with Gasteiger partial charge < -0.3 is 20.3 Å². The average Bonchev–Trinajstić information content (AvgIpc) is 3.26. The van der Waals surface area contributed by atoms with Crippen molar-refractivity contribution in [2.45, 2.75) is 69.5 Å². The van der Waals surface area contributed by atoms with E-state index >= 15 is 0 Å². The van der Waals surface area contributed by atoms with Crippen LogP contribution in [0.1, 0.15) is 46.0 Å². The highest BCUT2D eigenvalue weighted by molar-refractivity contribution is 8.03. The first-order valence-corrected chi connectivity index (χ1v) is 15.4. The van der Waals surface area contributed by atoms with E-state index in [-0.39, 0.29) is 46.0 Å². The summed E-state index contributed by atoms with van der Waals surface area (Å²) < 4.78 is 7.18. The largest absolute Gasteiger partial charge is 0.376 e. The Bertz CT molecular complexity index is 1430. The molecule has 0 radical (unpaired) electrons. The molecule has 5 rings (SSSR count). The number of aliphatic imine (C=N–C) groups is 2. The van der Waals surface area contributed by atoms with Crippen molar-refractivity contribution in [3.8, 4) is 0 Å². The maximum atomic E-state index is 13.4. The Balaban J connectivity index is 1.29. The number of amides is 1. The zero-order chi connectivity index (χ0) is 29.1. The second kappa shape index (κ2) is 12.6. The summed E-state index contributed by atoms with van der Waals surface area (Å²) in [6, 6.07) is 3.62. The molecule has 0 bridgehead atoms. The van der Waals surface area contributed by atoms with E-state index in [9.17, 15) is 9.59 Å². The van der Waals surface area contributed by atoms with Gasteiger partial charge in [0.05, 0.1) is 41.2 Å². The van der Waals surface area contributed by atoms with E-state index in [0.29, 0.717) is 15.4 Å². The summed E-state index contributed by atoms with van der Waals surface area (Å²) in [5.74, 6) is 0.805. The number of aromatic nitrogens is 2. The number of carbonyl (C=O) groups is 1. The number of piperidine rings is 2. The molecule has 3 fully saturated rings. The standard InChI is InChI=1S/C29H38ClN7O3S/c1-19-27(31)29(17-40-19)9-13-35(14-10-29)20(2)33-15-23(32-3)41-22-8-7-21-25(26(22)30)28(39)37(18-34-21)16-24(38)36-11-5-4-6-12-36/h7-8,15,18-19,27H,3-6,9-14,16-17,31H2,1-2H3/b23-15+,33-20+/t19-,27+/m0/s1. The van der Waals surface area contributed by atoms with Crippen LogP contribution in [0.15, 0.2) is 49.4 Å². The van der Waals surface area contributed by atoms with Crippen LogP contribution in [0, 0.1) is 5.41 Å². The molecule has 2 aromatic rings. The van der Waals surface area contributed by atoms with Crippen molar-refractivity contribution in [3.05, 3.63) is 45.1 Å². The Morgan fingerprint density at radius 2 is 1.98 bits per heavy atom. The number of nitrogens with two attached hydrogens (primary N) is 1. The third-order valence-electron chi connectivity index (χ3n) is 8.71. The molecule has 0 saturated carbocycles. The van der Waals surface area contributed by atoms with Gasteiger partial charge in [-0.05, 0) is 64.8 Å². The monoisotopic (exact) mass is 599 g/mol. The number of likely N-dealkylation sites (tertiary alicyclic amines) is 2. The minimum absolute atomic E-state index is 0.0524. The predicted molar refractivity (Wildman–Crippen MR) is 165 cm³/mol. The molecule has 1 spiro atoms. The summed E-state index contributed by atoms with van der Waals surface area (Å²) in [7, 11) is 0. The van der Waals surface area contributed by atoms with Gasteiger partial charge in [-0.25, -0.2) is 9.98 Å². The first-order chi connectivity index (χ1) is 19.7. The van der Waals surface area contributed by atoms with E-state index in [0.717, 1.165) is 70.7 Å². The van der Waals surface area contributed by atoms with Gasteiger partial charge in [-0.2, -0.15) is 0 Å². The van der Waals surface area contributed by atoms with Crippen LogP contribution in [-0.2, 0) is 16.1 Å². The average molecular weight is 600 g/mol. The van der Waals surface area contributed by atoms with E-state index < -0.39 is 0 Å². The quantitative estimate of drug-likeness (QED) is 0.304. The SMILES string of the molecule is C=N/C(=C\N=C(/C)N1CCC2(CC1)CO[C@@H](C)[C@H]2N)Sc1ccc2ncn(CC(=O)N3CCCCC3)c(=O)c2c1Cl. The van der Waals surface area contributed by atoms with E-state index in [2.05, 4.69) is 33.5 Å². The first-order valence-electron chi connectivity index (χ1n) is 14.2. The molecule has 220 valence electrons. The highest BCUT2D eigenvalue weighted by Gasteiger charge is 2.47. The number of hydrogen-bond acceptors (Lipinski definition) is 8. The molecule has 1 amide bonds. The number of amidine groups is 1. The van der Waals surface area contributed by atoms with Crippen LogP contribution in [0.25, 0.3) is 10.9 Å². The number of hydrogen-bond donors (Lipinski definition) is 1. The summed E-state index contributed by atoms with van der Waals surface area (Å²) >= 11 is 8.02. The fraction of sp³-hybridized carbons (Fsp3) is 0.552. The van der Waals surface area contributed by atoms with Crippen LogP contribution in [0.2, 0.25) is 5.02 Å². The van der Waals surface area contributed by atoms with Crippen LogP contribution in [-0.4, -0.2) is 82.7 Å². The Hall–Kier alpha value is -2.73. The lowest BCUT2D eigenvalue weighted by molar-refractivity contribution is -0.132. The molecule has 0 unspecified atom stereocenters. The maximum absolute atomic E-state index is 13.4. The number of thioether (sulfide) groups is 1. The molecule has 3 aliphatic heterocycles. The van der Waals surface area contributed by atoms with Gasteiger partial charge in [0.25, 0.3) is 5.56 Å². The molecule has 4 heterocycles. The van der Waals surface area contributed by atoms with Crippen molar-refractivity contribution in [3.63, 3.8) is 0 Å². The lowest BCUT2D eigenvalue weighted by Crippen LogP contribution is -2.51. The second-order valence-electron chi connectivity index (χ2n) is 11.2. The summed E-state index contributed by atoms with van der Waals surface area (Å²) in [5.41, 5.74) is 6.64. The summed E-state index contributed by atoms with van der Waals surface area (Å²) in [4.78, 5) is 44.0. The lowest BCUT2D eigenvalue weighted by Gasteiger charge is -2.41. The molecule has 10 nitrogen and oxygen atoms in total. The zero-order valence-corrected chi connectivity index (χ0v) is 25.3. The molecule has 1 aromatic heterocycles. The molecule has 12 heteroatoms. The van der Waals surface area contributed by atoms with Gasteiger partial charge in [0.1, 0.15) is 17.4 Å². The third-order valence-corrected chi connectivity index (χ3v) is 10.2. The summed E-state index contributed by atoms with van der Waals surface area (Å²) in [5, 5.41) is 1.09. The topological polar surface area (TPSA) is 118 Å². The van der Waals surface area contributed by atoms with Crippen LogP contribution in [0.3, 0.4) is 0 Å². The van der Waals surface area contributed by atoms with E-state index in [1.807, 2.05) is 11.8 Å². The van der Waals surface area contributed by atoms with Crippen molar-refractivity contribution < 1.29 is 9.53 Å². The molecular weight excluding hydrogens is 562 g/mol. The van der Waals surface area contributed by atoms with Crippen molar-refractivity contribution in [2.24, 2.45) is 21.1 Å². The number of nitrogens with zero attached hydrogens (tertiary/aromatic N) is 6. The molecule has 2 atom stereocenters. The van der Waals surface area contributed by atoms with Crippen molar-refractivity contribution in [2.75, 3.05) is 32.8 Å². The van der Waals surface area contributed by atoms with Crippen LogP contribution >= 0.6 is 23.4 Å². The molecule has 41 heavy (non-hydrogen) atoms. The number of halogens is 1. The van der Waals surface area contributed by atoms with Gasteiger partial charge in [-0.15, -0.1) is 0 Å². The Morgan fingerprint density at radius 1 is 1.24 bits per heavy atom. The number of benzene rings is 1. The predicted octanol–water partition coefficient (Wildman–Crippen LogP) is 3.90. The lowest BCUT2D eigenvalue weighted by atomic mass is 9.73. The van der Waals surface area contributed by atoms with Gasteiger partial charge in [0.15, 0.2) is 0 Å². The van der Waals surface area contributed by atoms with Crippen LogP contribution in [0.5, 0.6) is 0 Å². The van der Waals surface area contributed by atoms with Crippen molar-refractivity contribution in [1.82, 2.24) is 19.4 Å². The number of rotatable bonds is 6. The van der Waals surface area contributed by atoms with Crippen molar-refractivity contribution in [1.29, 1.82) is 0 Å². The highest BCUT2D eigenvalue weighted by atomic mass is 35.5. The fourth-order valence-electron chi connectivity index (χ4n) is 5.96. The van der Waals surface area contributed by atoms with Gasteiger partial charge in [0, 0.05) is 42.5 Å². The highest BCUT2D eigenvalue weighted by Crippen LogP contribution is 2.41. The molecular formula is C29H38ClN7O3S. The number of fused-ring (bicyclic) bond motifs is 1. The van der Waals surface area contributed by atoms with Gasteiger partial charge >= 0.3 is 0 Å². The maximum Gasteiger partial charge on any atom is 0.263 e. The second-order valence-corrected chi connectivity index (χ2v) is 12.6. The van der Waals surface area contributed by atoms with Gasteiger partial charge in [-0.3, -0.25) is 19.1 Å². The normalized spacial score (nSPS) is 23.4. The molecule has 3 aliphatic rings. The van der Waals surface area contributed by atoms with Crippen LogP contribution in [0.4, 0.5) is 0 Å².